The van der Waals surface area contributed by atoms with Crippen LogP contribution in [0.15, 0.2) is 18.2 Å². The first-order valence-corrected chi connectivity index (χ1v) is 7.56. The molecule has 4 N–H and O–H groups in total. The number of hydrogen-bond acceptors (Lipinski definition) is 1. The zero-order valence-corrected chi connectivity index (χ0v) is 15.6. The Morgan fingerprint density at radius 2 is 1.89 bits per heavy atom. The van der Waals surface area contributed by atoms with E-state index < -0.39 is 0 Å². The minimum absolute atomic E-state index is 0. The summed E-state index contributed by atoms with van der Waals surface area (Å²) >= 11 is 7.45. The van der Waals surface area contributed by atoms with E-state index in [4.69, 9.17) is 17.3 Å². The molecule has 0 aliphatic rings. The number of benzene rings is 1. The topological polar surface area (TPSA) is 50.1 Å². The lowest BCUT2D eigenvalue weighted by Gasteiger charge is -2.06. The Labute approximate surface area is 142 Å². The summed E-state index contributed by atoms with van der Waals surface area (Å²) in [7, 11) is 0. The molecule has 0 unspecified atom stereocenters. The molecule has 19 heavy (non-hydrogen) atoms. The van der Waals surface area contributed by atoms with Crippen molar-refractivity contribution in [1.29, 1.82) is 0 Å². The molecule has 0 bridgehead atoms. The third kappa shape index (κ3) is 9.56. The van der Waals surface area contributed by atoms with Crippen molar-refractivity contribution in [2.75, 3.05) is 24.7 Å². The number of nitrogens with one attached hydrogen (secondary N) is 2. The van der Waals surface area contributed by atoms with Gasteiger partial charge in [-0.25, -0.2) is 5.73 Å². The summed E-state index contributed by atoms with van der Waals surface area (Å²) in [5.41, 5.74) is 7.63. The highest BCUT2D eigenvalue weighted by molar-refractivity contribution is 7.78. The zero-order valence-electron chi connectivity index (χ0n) is 11.9. The Bertz CT molecular complexity index is 364. The first-order valence-electron chi connectivity index (χ1n) is 5.96. The first kappa shape index (κ1) is 21.4. The van der Waals surface area contributed by atoms with Gasteiger partial charge in [0.15, 0.2) is 6.26 Å². The third-order valence-electron chi connectivity index (χ3n) is 2.19. The minimum Gasteiger partial charge on any atom is -1.00 e. The Morgan fingerprint density at radius 1 is 1.32 bits per heavy atom. The van der Waals surface area contributed by atoms with Crippen molar-refractivity contribution in [3.05, 3.63) is 28.8 Å². The van der Waals surface area contributed by atoms with Gasteiger partial charge in [-0.15, -0.1) is 0 Å². The van der Waals surface area contributed by atoms with E-state index in [-0.39, 0.29) is 24.0 Å². The third-order valence-corrected chi connectivity index (χ3v) is 3.05. The molecule has 0 aliphatic heterocycles. The molecule has 1 aromatic carbocycles. The Balaban J connectivity index is 0. The highest BCUT2D eigenvalue weighted by Crippen LogP contribution is 2.24. The van der Waals surface area contributed by atoms with E-state index in [9.17, 15) is 0 Å². The van der Waals surface area contributed by atoms with Gasteiger partial charge in [0.25, 0.3) is 0 Å². The molecule has 0 aliphatic carbocycles. The summed E-state index contributed by atoms with van der Waals surface area (Å²) in [5.74, 6) is 0. The van der Waals surface area contributed by atoms with E-state index in [1.807, 2.05) is 31.4 Å². The molecule has 0 spiro atoms. The SMILES string of the molecule is C/[S+]=C(\N)Nc1c(C)cccc1Cl.CCNCC.[I-]. The first-order chi connectivity index (χ1) is 8.56. The lowest BCUT2D eigenvalue weighted by molar-refractivity contribution is -0.00000396. The second-order valence-electron chi connectivity index (χ2n) is 3.58. The van der Waals surface area contributed by atoms with Crippen LogP contribution in [0.3, 0.4) is 0 Å². The minimum atomic E-state index is 0. The predicted molar refractivity (Wildman–Crippen MR) is 86.5 cm³/mol. The van der Waals surface area contributed by atoms with Gasteiger partial charge in [0, 0.05) is 0 Å². The molecule has 1 rings (SSSR count). The summed E-state index contributed by atoms with van der Waals surface area (Å²) in [6, 6.07) is 5.74. The van der Waals surface area contributed by atoms with Crippen LogP contribution in [0, 0.1) is 6.92 Å². The lowest BCUT2D eigenvalue weighted by Crippen LogP contribution is -3.00. The van der Waals surface area contributed by atoms with Crippen molar-refractivity contribution in [2.24, 2.45) is 5.73 Å². The maximum Gasteiger partial charge on any atom is 0.342 e. The highest BCUT2D eigenvalue weighted by atomic mass is 127. The van der Waals surface area contributed by atoms with Crippen LogP contribution in [-0.2, 0) is 11.4 Å². The summed E-state index contributed by atoms with van der Waals surface area (Å²) in [5, 5.41) is 7.51. The van der Waals surface area contributed by atoms with Gasteiger partial charge >= 0.3 is 5.11 Å². The maximum absolute atomic E-state index is 5.99. The number of para-hydroxylation sites is 1. The van der Waals surface area contributed by atoms with Gasteiger partial charge in [-0.1, -0.05) is 37.6 Å². The van der Waals surface area contributed by atoms with E-state index in [2.05, 4.69) is 24.5 Å². The molecule has 6 heteroatoms. The summed E-state index contributed by atoms with van der Waals surface area (Å²) in [4.78, 5) is 0. The second kappa shape index (κ2) is 13.1. The average Bonchev–Trinajstić information content (AvgIpc) is 2.35. The lowest BCUT2D eigenvalue weighted by atomic mass is 10.2. The van der Waals surface area contributed by atoms with Gasteiger partial charge < -0.3 is 29.3 Å². The van der Waals surface area contributed by atoms with E-state index in [1.165, 1.54) is 11.4 Å². The van der Waals surface area contributed by atoms with Crippen LogP contribution >= 0.6 is 11.6 Å². The quantitative estimate of drug-likeness (QED) is 0.352. The molecule has 0 radical (unpaired) electrons. The largest absolute Gasteiger partial charge is 1.00 e. The molecule has 0 amide bonds. The van der Waals surface area contributed by atoms with Crippen LogP contribution in [0.1, 0.15) is 19.4 Å². The van der Waals surface area contributed by atoms with Crippen molar-refractivity contribution < 1.29 is 24.0 Å². The van der Waals surface area contributed by atoms with Crippen LogP contribution in [0.25, 0.3) is 0 Å². The van der Waals surface area contributed by atoms with Gasteiger partial charge in [0.1, 0.15) is 0 Å². The second-order valence-corrected chi connectivity index (χ2v) is 4.84. The van der Waals surface area contributed by atoms with Gasteiger partial charge in [-0.3, -0.25) is 5.32 Å². The van der Waals surface area contributed by atoms with Gasteiger partial charge in [-0.2, -0.15) is 0 Å². The smallest absolute Gasteiger partial charge is 0.342 e. The molecule has 0 saturated heterocycles. The van der Waals surface area contributed by atoms with Crippen molar-refractivity contribution in [3.8, 4) is 0 Å². The number of nitrogens with two attached hydrogens (primary N) is 1. The summed E-state index contributed by atoms with van der Waals surface area (Å²) in [6.45, 7) is 8.38. The van der Waals surface area contributed by atoms with Crippen molar-refractivity contribution >= 4 is 33.8 Å². The predicted octanol–water partition coefficient (Wildman–Crippen LogP) is -0.561. The Hall–Kier alpha value is 0.0500. The Kier molecular flexibility index (Phi) is 14.7. The fraction of sp³-hybridized carbons (Fsp3) is 0.462. The van der Waals surface area contributed by atoms with E-state index in [0.717, 1.165) is 24.3 Å². The van der Waals surface area contributed by atoms with Gasteiger partial charge in [-0.05, 0) is 31.6 Å². The number of hydrogen-bond donors (Lipinski definition) is 3. The fourth-order valence-electron chi connectivity index (χ4n) is 1.21. The van der Waals surface area contributed by atoms with Crippen LogP contribution < -0.4 is 40.3 Å². The van der Waals surface area contributed by atoms with Crippen molar-refractivity contribution in [3.63, 3.8) is 0 Å². The molecule has 0 fully saturated rings. The van der Waals surface area contributed by atoms with Crippen molar-refractivity contribution in [2.45, 2.75) is 20.8 Å². The molecule has 0 aromatic heterocycles. The summed E-state index contributed by atoms with van der Waals surface area (Å²) in [6.07, 6.45) is 1.91. The van der Waals surface area contributed by atoms with Crippen LogP contribution in [0.4, 0.5) is 5.69 Å². The number of rotatable bonds is 3. The molecule has 3 nitrogen and oxygen atoms in total. The maximum atomic E-state index is 5.99. The van der Waals surface area contributed by atoms with Crippen molar-refractivity contribution in [1.82, 2.24) is 5.32 Å². The van der Waals surface area contributed by atoms with E-state index in [1.54, 1.807) is 0 Å². The number of halogens is 2. The van der Waals surface area contributed by atoms with E-state index >= 15 is 0 Å². The molecule has 110 valence electrons. The average molecular weight is 416 g/mol. The standard InChI is InChI=1S/C9H12ClN2S.C4H11N.HI/c1-6-4-3-5-7(10)8(6)12-9(11)13-2;1-3-5-4-2;/h3-5,12H,11H2,1-2H3;5H,3-4H2,1-2H3;1H/q+1;;/p-1. The monoisotopic (exact) mass is 415 g/mol. The van der Waals surface area contributed by atoms with Crippen LogP contribution in [0.2, 0.25) is 5.02 Å². The molecule has 0 saturated carbocycles. The number of anilines is 1. The highest BCUT2D eigenvalue weighted by Gasteiger charge is 2.07. The Morgan fingerprint density at radius 3 is 2.26 bits per heavy atom. The van der Waals surface area contributed by atoms with Gasteiger partial charge in [0.05, 0.1) is 10.7 Å². The summed E-state index contributed by atoms with van der Waals surface area (Å²) < 4.78 is 0. The molecule has 0 atom stereocenters. The van der Waals surface area contributed by atoms with Gasteiger partial charge in [0.2, 0.25) is 11.4 Å². The van der Waals surface area contributed by atoms with Crippen LogP contribution in [-0.4, -0.2) is 24.5 Å². The molecule has 1 aromatic rings. The molecular weight excluding hydrogens is 393 g/mol. The van der Waals surface area contributed by atoms with Crippen LogP contribution in [0.5, 0.6) is 0 Å². The zero-order chi connectivity index (χ0) is 14.0. The fourth-order valence-corrected chi connectivity index (χ4v) is 1.69. The normalized spacial score (nSPS) is 10.1. The number of aryl methyl sites for hydroxylation is 1. The van der Waals surface area contributed by atoms with E-state index in [0.29, 0.717) is 10.1 Å². The molecular formula is C13H23ClIN3S. The molecule has 0 heterocycles.